The summed E-state index contributed by atoms with van der Waals surface area (Å²) in [6, 6.07) is 0. The zero-order valence-electron chi connectivity index (χ0n) is 13.3. The van der Waals surface area contributed by atoms with Gasteiger partial charge in [0.15, 0.2) is 5.78 Å². The molecule has 4 aliphatic rings. The van der Waals surface area contributed by atoms with E-state index >= 15 is 0 Å². The number of Topliss-reactive ketones (excluding diaryl/α,β-unsaturated/α-hetero) is 1. The third-order valence-corrected chi connectivity index (χ3v) is 7.53. The fraction of sp³-hybridized carbons (Fsp3) is 0.789. The number of carbonyl (C=O) groups is 2. The lowest BCUT2D eigenvalue weighted by molar-refractivity contribution is -0.118. The predicted octanol–water partition coefficient (Wildman–Crippen LogP) is 4.09. The van der Waals surface area contributed by atoms with Gasteiger partial charge in [-0.1, -0.05) is 19.4 Å². The van der Waals surface area contributed by atoms with Crippen molar-refractivity contribution in [3.8, 4) is 0 Å². The Balaban J connectivity index is 1.70. The average molecular weight is 286 g/mol. The highest BCUT2D eigenvalue weighted by Crippen LogP contribution is 2.64. The summed E-state index contributed by atoms with van der Waals surface area (Å²) in [6.45, 7) is 4.76. The molecule has 0 spiro atoms. The van der Waals surface area contributed by atoms with Crippen LogP contribution in [0.2, 0.25) is 0 Å². The Morgan fingerprint density at radius 2 is 1.86 bits per heavy atom. The molecule has 4 aliphatic carbocycles. The van der Waals surface area contributed by atoms with E-state index in [-0.39, 0.29) is 10.8 Å². The number of allylic oxidation sites excluding steroid dienone is 1. The topological polar surface area (TPSA) is 34.1 Å². The van der Waals surface area contributed by atoms with E-state index in [0.717, 1.165) is 32.1 Å². The van der Waals surface area contributed by atoms with Crippen LogP contribution in [0.1, 0.15) is 65.2 Å². The van der Waals surface area contributed by atoms with Crippen molar-refractivity contribution in [2.75, 3.05) is 0 Å². The largest absolute Gasteiger partial charge is 0.300 e. The molecule has 21 heavy (non-hydrogen) atoms. The predicted molar refractivity (Wildman–Crippen MR) is 81.7 cm³/mol. The Labute approximate surface area is 127 Å². The van der Waals surface area contributed by atoms with E-state index < -0.39 is 0 Å². The van der Waals surface area contributed by atoms with Crippen LogP contribution in [0.4, 0.5) is 0 Å². The average Bonchev–Trinajstić information content (AvgIpc) is 2.74. The van der Waals surface area contributed by atoms with E-state index in [9.17, 15) is 9.59 Å². The molecule has 0 aromatic heterocycles. The van der Waals surface area contributed by atoms with Crippen molar-refractivity contribution in [3.05, 3.63) is 11.6 Å². The van der Waals surface area contributed by atoms with Crippen LogP contribution in [0.25, 0.3) is 0 Å². The summed E-state index contributed by atoms with van der Waals surface area (Å²) in [5.41, 5.74) is 1.94. The van der Waals surface area contributed by atoms with Crippen molar-refractivity contribution >= 4 is 11.6 Å². The molecular formula is C19H26O2. The zero-order valence-corrected chi connectivity index (χ0v) is 13.3. The summed E-state index contributed by atoms with van der Waals surface area (Å²) >= 11 is 0. The minimum atomic E-state index is 0.240. The molecule has 0 radical (unpaired) electrons. The van der Waals surface area contributed by atoms with Crippen LogP contribution < -0.4 is 0 Å². The molecule has 0 saturated heterocycles. The van der Waals surface area contributed by atoms with E-state index in [2.05, 4.69) is 13.8 Å². The zero-order chi connectivity index (χ0) is 14.8. The van der Waals surface area contributed by atoms with Gasteiger partial charge in [-0.2, -0.15) is 0 Å². The first kappa shape index (κ1) is 13.7. The Bertz CT molecular complexity index is 546. The number of rotatable bonds is 0. The molecular weight excluding hydrogens is 260 g/mol. The maximum absolute atomic E-state index is 12.0. The van der Waals surface area contributed by atoms with Crippen LogP contribution in [-0.2, 0) is 9.59 Å². The minimum Gasteiger partial charge on any atom is -0.300 e. The van der Waals surface area contributed by atoms with Crippen molar-refractivity contribution in [1.29, 1.82) is 0 Å². The molecule has 2 heteroatoms. The van der Waals surface area contributed by atoms with Crippen LogP contribution in [-0.4, -0.2) is 11.6 Å². The van der Waals surface area contributed by atoms with E-state index in [1.54, 1.807) is 0 Å². The fourth-order valence-corrected chi connectivity index (χ4v) is 6.34. The standard InChI is InChI=1S/C19H26O2/c1-18-7-6-16-15(17(18)10-14(21)11-18)4-3-12-9-13(20)5-8-19(12,16)2/h9,15-17H,3-8,10-11H2,1-2H3/t15-,16+,17+,18-,19+/m1/s1. The monoisotopic (exact) mass is 286 g/mol. The fourth-order valence-electron chi connectivity index (χ4n) is 6.34. The lowest BCUT2D eigenvalue weighted by Gasteiger charge is -2.57. The van der Waals surface area contributed by atoms with Gasteiger partial charge in [0.05, 0.1) is 0 Å². The van der Waals surface area contributed by atoms with E-state index in [4.69, 9.17) is 0 Å². The number of carbonyl (C=O) groups excluding carboxylic acids is 2. The molecule has 114 valence electrons. The highest BCUT2D eigenvalue weighted by Gasteiger charge is 2.57. The summed E-state index contributed by atoms with van der Waals surface area (Å²) in [4.78, 5) is 23.8. The Kier molecular flexibility index (Phi) is 2.81. The van der Waals surface area contributed by atoms with Gasteiger partial charge in [0.25, 0.3) is 0 Å². The molecule has 0 unspecified atom stereocenters. The van der Waals surface area contributed by atoms with Crippen LogP contribution >= 0.6 is 0 Å². The number of hydrogen-bond acceptors (Lipinski definition) is 2. The lowest BCUT2D eigenvalue weighted by Crippen LogP contribution is -2.49. The summed E-state index contributed by atoms with van der Waals surface area (Å²) < 4.78 is 0. The van der Waals surface area contributed by atoms with Crippen LogP contribution in [0, 0.1) is 28.6 Å². The number of hydrogen-bond donors (Lipinski definition) is 0. The second-order valence-corrected chi connectivity index (χ2v) is 8.58. The van der Waals surface area contributed by atoms with E-state index in [1.165, 1.54) is 24.8 Å². The van der Waals surface area contributed by atoms with Gasteiger partial charge in [0, 0.05) is 19.3 Å². The van der Waals surface area contributed by atoms with Gasteiger partial charge in [0.1, 0.15) is 5.78 Å². The van der Waals surface area contributed by atoms with E-state index in [0.29, 0.717) is 29.3 Å². The normalized spacial score (nSPS) is 49.2. The molecule has 0 amide bonds. The van der Waals surface area contributed by atoms with Gasteiger partial charge in [-0.15, -0.1) is 0 Å². The molecule has 2 nitrogen and oxygen atoms in total. The van der Waals surface area contributed by atoms with Crippen molar-refractivity contribution in [3.63, 3.8) is 0 Å². The first-order valence-electron chi connectivity index (χ1n) is 8.68. The van der Waals surface area contributed by atoms with Crippen molar-refractivity contribution in [1.82, 2.24) is 0 Å². The highest BCUT2D eigenvalue weighted by atomic mass is 16.1. The number of ketones is 2. The van der Waals surface area contributed by atoms with Crippen molar-refractivity contribution in [2.45, 2.75) is 65.2 Å². The molecule has 0 aromatic rings. The summed E-state index contributed by atoms with van der Waals surface area (Å²) in [6.07, 6.45) is 10.1. The van der Waals surface area contributed by atoms with Crippen LogP contribution in [0.5, 0.6) is 0 Å². The molecule has 0 aromatic carbocycles. The minimum absolute atomic E-state index is 0.240. The quantitative estimate of drug-likeness (QED) is 0.672. The third kappa shape index (κ3) is 1.83. The molecule has 0 aliphatic heterocycles. The summed E-state index contributed by atoms with van der Waals surface area (Å²) in [5, 5.41) is 0. The van der Waals surface area contributed by atoms with Gasteiger partial charge in [-0.05, 0) is 66.8 Å². The second-order valence-electron chi connectivity index (χ2n) is 8.58. The van der Waals surface area contributed by atoms with Gasteiger partial charge >= 0.3 is 0 Å². The summed E-state index contributed by atoms with van der Waals surface area (Å²) in [5.74, 6) is 2.85. The number of fused-ring (bicyclic) bond motifs is 5. The van der Waals surface area contributed by atoms with Gasteiger partial charge in [-0.25, -0.2) is 0 Å². The Morgan fingerprint density at radius 3 is 2.67 bits per heavy atom. The molecule has 4 rings (SSSR count). The van der Waals surface area contributed by atoms with Crippen LogP contribution in [0.15, 0.2) is 11.6 Å². The van der Waals surface area contributed by atoms with E-state index in [1.807, 2.05) is 6.08 Å². The third-order valence-electron chi connectivity index (χ3n) is 7.53. The molecule has 3 fully saturated rings. The second kappa shape index (κ2) is 4.30. The Hall–Kier alpha value is -0.920. The first-order valence-corrected chi connectivity index (χ1v) is 8.68. The van der Waals surface area contributed by atoms with Gasteiger partial charge in [0.2, 0.25) is 0 Å². The lowest BCUT2D eigenvalue weighted by atomic mass is 9.47. The smallest absolute Gasteiger partial charge is 0.155 e. The first-order chi connectivity index (χ1) is 9.92. The van der Waals surface area contributed by atoms with Gasteiger partial charge < -0.3 is 0 Å². The molecule has 0 bridgehead atoms. The molecule has 3 saturated carbocycles. The molecule has 5 atom stereocenters. The maximum Gasteiger partial charge on any atom is 0.155 e. The maximum atomic E-state index is 12.0. The summed E-state index contributed by atoms with van der Waals surface area (Å²) in [7, 11) is 0. The molecule has 0 heterocycles. The van der Waals surface area contributed by atoms with Crippen LogP contribution in [0.3, 0.4) is 0 Å². The Morgan fingerprint density at radius 1 is 1.05 bits per heavy atom. The van der Waals surface area contributed by atoms with Crippen molar-refractivity contribution < 1.29 is 9.59 Å². The highest BCUT2D eigenvalue weighted by molar-refractivity contribution is 5.91. The van der Waals surface area contributed by atoms with Crippen molar-refractivity contribution in [2.24, 2.45) is 28.6 Å². The SMILES string of the molecule is C[C@]12CC[C@H]3[C@@H](CCC4=CC(=O)CC[C@@]43C)[C@@H]1CC(=O)C2. The van der Waals surface area contributed by atoms with Gasteiger partial charge in [-0.3, -0.25) is 9.59 Å². The molecule has 0 N–H and O–H groups in total.